The fraction of sp³-hybridized carbons (Fsp3) is 0.222. The first kappa shape index (κ1) is 8.83. The van der Waals surface area contributed by atoms with Gasteiger partial charge in [0.05, 0.1) is 24.3 Å². The molecule has 0 saturated carbocycles. The van der Waals surface area contributed by atoms with Crippen LogP contribution in [0.25, 0.3) is 0 Å². The molecule has 1 aliphatic rings. The Hall–Kier alpha value is -1.75. The van der Waals surface area contributed by atoms with Crippen molar-refractivity contribution < 1.29 is 9.59 Å². The summed E-state index contributed by atoms with van der Waals surface area (Å²) in [5, 5.41) is 0. The molecule has 1 saturated heterocycles. The van der Waals surface area contributed by atoms with Crippen LogP contribution in [-0.2, 0) is 9.59 Å². The van der Waals surface area contributed by atoms with Gasteiger partial charge < -0.3 is 5.73 Å². The maximum absolute atomic E-state index is 11.5. The van der Waals surface area contributed by atoms with Crippen LogP contribution in [0.2, 0.25) is 0 Å². The summed E-state index contributed by atoms with van der Waals surface area (Å²) < 4.78 is 0. The van der Waals surface area contributed by atoms with Gasteiger partial charge in [0, 0.05) is 6.20 Å². The van der Waals surface area contributed by atoms with Gasteiger partial charge in [-0.3, -0.25) is 14.6 Å². The molecule has 1 aromatic rings. The molecule has 14 heavy (non-hydrogen) atoms. The number of aromatic nitrogens is 1. The number of nitrogens with zero attached hydrogens (tertiary/aromatic N) is 2. The molecule has 1 aromatic heterocycles. The number of anilines is 1. The molecular formula is C9H9N3O2. The minimum atomic E-state index is -0.706. The van der Waals surface area contributed by atoms with Gasteiger partial charge in [0.25, 0.3) is 5.91 Å². The number of hydrogen-bond donors (Lipinski definition) is 1. The van der Waals surface area contributed by atoms with Gasteiger partial charge in [-0.1, -0.05) is 0 Å². The Labute approximate surface area is 80.5 Å². The molecule has 2 heterocycles. The second-order valence-electron chi connectivity index (χ2n) is 3.09. The highest BCUT2D eigenvalue weighted by Gasteiger charge is 2.37. The summed E-state index contributed by atoms with van der Waals surface area (Å²) in [5.74, 6) is -0.626. The van der Waals surface area contributed by atoms with Crippen LogP contribution >= 0.6 is 0 Å². The minimum Gasteiger partial charge on any atom is -0.319 e. The molecule has 1 atom stereocenters. The highest BCUT2D eigenvalue weighted by atomic mass is 16.2. The van der Waals surface area contributed by atoms with Gasteiger partial charge in [0.15, 0.2) is 0 Å². The number of amides is 2. The van der Waals surface area contributed by atoms with Gasteiger partial charge in [-0.25, -0.2) is 4.90 Å². The zero-order valence-corrected chi connectivity index (χ0v) is 7.38. The van der Waals surface area contributed by atoms with Gasteiger partial charge in [0.1, 0.15) is 0 Å². The molecule has 72 valence electrons. The summed E-state index contributed by atoms with van der Waals surface area (Å²) in [6.07, 6.45) is 3.12. The Kier molecular flexibility index (Phi) is 2.01. The van der Waals surface area contributed by atoms with Crippen molar-refractivity contribution in [1.82, 2.24) is 4.98 Å². The van der Waals surface area contributed by atoms with E-state index in [0.29, 0.717) is 5.69 Å². The van der Waals surface area contributed by atoms with E-state index in [1.54, 1.807) is 18.3 Å². The summed E-state index contributed by atoms with van der Waals surface area (Å²) in [4.78, 5) is 27.8. The van der Waals surface area contributed by atoms with Crippen LogP contribution in [0.5, 0.6) is 0 Å². The van der Waals surface area contributed by atoms with Crippen molar-refractivity contribution in [2.75, 3.05) is 4.90 Å². The minimum absolute atomic E-state index is 0.0771. The molecule has 0 aromatic carbocycles. The monoisotopic (exact) mass is 191 g/mol. The van der Waals surface area contributed by atoms with Crippen LogP contribution in [-0.4, -0.2) is 22.8 Å². The molecule has 2 amide bonds. The van der Waals surface area contributed by atoms with Crippen LogP contribution in [0, 0.1) is 0 Å². The number of nitrogens with two attached hydrogens (primary N) is 1. The fourth-order valence-electron chi connectivity index (χ4n) is 1.41. The van der Waals surface area contributed by atoms with Crippen molar-refractivity contribution in [3.63, 3.8) is 0 Å². The Balaban J connectivity index is 2.36. The molecule has 0 aliphatic carbocycles. The lowest BCUT2D eigenvalue weighted by atomic mass is 10.3. The Morgan fingerprint density at radius 2 is 2.29 bits per heavy atom. The second kappa shape index (κ2) is 3.19. The zero-order chi connectivity index (χ0) is 10.1. The third kappa shape index (κ3) is 1.27. The van der Waals surface area contributed by atoms with Gasteiger partial charge in [0.2, 0.25) is 5.91 Å². The van der Waals surface area contributed by atoms with E-state index < -0.39 is 6.04 Å². The summed E-state index contributed by atoms with van der Waals surface area (Å²) in [6, 6.07) is 2.61. The van der Waals surface area contributed by atoms with Crippen LogP contribution in [0.3, 0.4) is 0 Å². The lowest BCUT2D eigenvalue weighted by molar-refractivity contribution is -0.121. The molecule has 0 bridgehead atoms. The Morgan fingerprint density at radius 1 is 1.50 bits per heavy atom. The topological polar surface area (TPSA) is 76.3 Å². The van der Waals surface area contributed by atoms with Gasteiger partial charge in [-0.05, 0) is 12.1 Å². The Morgan fingerprint density at radius 3 is 2.79 bits per heavy atom. The Bertz CT molecular complexity index is 377. The predicted octanol–water partition coefficient (Wildman–Crippen LogP) is -0.328. The molecule has 2 N–H and O–H groups in total. The van der Waals surface area contributed by atoms with Gasteiger partial charge >= 0.3 is 0 Å². The maximum Gasteiger partial charge on any atom is 0.251 e. The first-order valence-electron chi connectivity index (χ1n) is 4.22. The molecular weight excluding hydrogens is 182 g/mol. The average molecular weight is 191 g/mol. The third-order valence-corrected chi connectivity index (χ3v) is 2.09. The highest BCUT2D eigenvalue weighted by molar-refractivity contribution is 6.22. The molecule has 0 unspecified atom stereocenters. The molecule has 1 aliphatic heterocycles. The van der Waals surface area contributed by atoms with E-state index in [9.17, 15) is 9.59 Å². The van der Waals surface area contributed by atoms with Crippen LogP contribution in [0.4, 0.5) is 5.69 Å². The molecule has 1 fully saturated rings. The fourth-order valence-corrected chi connectivity index (χ4v) is 1.41. The van der Waals surface area contributed by atoms with Crippen LogP contribution in [0.15, 0.2) is 24.5 Å². The first-order valence-corrected chi connectivity index (χ1v) is 4.22. The summed E-state index contributed by atoms with van der Waals surface area (Å²) in [6.45, 7) is 0. The van der Waals surface area contributed by atoms with Crippen LogP contribution in [0.1, 0.15) is 6.42 Å². The SMILES string of the molecule is N[C@H]1CC(=O)N(c2cccnc2)C1=O. The highest BCUT2D eigenvalue weighted by Crippen LogP contribution is 2.20. The van der Waals surface area contributed by atoms with Crippen LogP contribution < -0.4 is 10.6 Å². The lowest BCUT2D eigenvalue weighted by Gasteiger charge is -2.12. The normalized spacial score (nSPS) is 21.8. The number of hydrogen-bond acceptors (Lipinski definition) is 4. The van der Waals surface area contributed by atoms with E-state index >= 15 is 0 Å². The number of rotatable bonds is 1. The predicted molar refractivity (Wildman–Crippen MR) is 49.3 cm³/mol. The van der Waals surface area contributed by atoms with E-state index in [0.717, 1.165) is 4.90 Å². The molecule has 5 nitrogen and oxygen atoms in total. The van der Waals surface area contributed by atoms with E-state index in [1.165, 1.54) is 6.20 Å². The third-order valence-electron chi connectivity index (χ3n) is 2.09. The first-order chi connectivity index (χ1) is 6.70. The second-order valence-corrected chi connectivity index (χ2v) is 3.09. The molecule has 2 rings (SSSR count). The summed E-state index contributed by atoms with van der Waals surface area (Å²) in [5.41, 5.74) is 5.95. The standard InChI is InChI=1S/C9H9N3O2/c10-7-4-8(13)12(9(7)14)6-2-1-3-11-5-6/h1-3,5,7H,4,10H2/t7-/m0/s1. The summed E-state index contributed by atoms with van der Waals surface area (Å²) >= 11 is 0. The maximum atomic E-state index is 11.5. The summed E-state index contributed by atoms with van der Waals surface area (Å²) in [7, 11) is 0. The van der Waals surface area contributed by atoms with Crippen molar-refractivity contribution in [1.29, 1.82) is 0 Å². The quantitative estimate of drug-likeness (QED) is 0.617. The van der Waals surface area contributed by atoms with Crippen molar-refractivity contribution in [3.05, 3.63) is 24.5 Å². The molecule has 0 radical (unpaired) electrons. The lowest BCUT2D eigenvalue weighted by Crippen LogP contribution is -2.35. The van der Waals surface area contributed by atoms with Gasteiger partial charge in [-0.2, -0.15) is 0 Å². The zero-order valence-electron chi connectivity index (χ0n) is 7.38. The van der Waals surface area contributed by atoms with E-state index in [2.05, 4.69) is 4.98 Å². The van der Waals surface area contributed by atoms with Gasteiger partial charge in [-0.15, -0.1) is 0 Å². The van der Waals surface area contributed by atoms with Crippen molar-refractivity contribution in [2.45, 2.75) is 12.5 Å². The van der Waals surface area contributed by atoms with E-state index in [1.807, 2.05) is 0 Å². The molecule has 0 spiro atoms. The molecule has 5 heteroatoms. The smallest absolute Gasteiger partial charge is 0.251 e. The van der Waals surface area contributed by atoms with E-state index in [4.69, 9.17) is 5.73 Å². The average Bonchev–Trinajstić information content (AvgIpc) is 2.43. The number of imide groups is 1. The van der Waals surface area contributed by atoms with E-state index in [-0.39, 0.29) is 18.2 Å². The largest absolute Gasteiger partial charge is 0.319 e. The number of pyridine rings is 1. The van der Waals surface area contributed by atoms with Crippen molar-refractivity contribution >= 4 is 17.5 Å². The van der Waals surface area contributed by atoms with Crippen molar-refractivity contribution in [3.8, 4) is 0 Å². The van der Waals surface area contributed by atoms with Crippen molar-refractivity contribution in [2.24, 2.45) is 5.73 Å². The number of carbonyl (C=O) groups is 2. The number of carbonyl (C=O) groups excluding carboxylic acids is 2.